The highest BCUT2D eigenvalue weighted by Crippen LogP contribution is 2.42. The Kier molecular flexibility index (Phi) is 5.07. The number of anilines is 1. The Labute approximate surface area is 198 Å². The zero-order valence-electron chi connectivity index (χ0n) is 17.9. The summed E-state index contributed by atoms with van der Waals surface area (Å²) in [6.45, 7) is 0.228. The third kappa shape index (κ3) is 3.72. The van der Waals surface area contributed by atoms with Gasteiger partial charge in [0.2, 0.25) is 11.0 Å². The van der Waals surface area contributed by atoms with E-state index in [2.05, 4.69) is 15.4 Å². The maximum absolute atomic E-state index is 13.6. The van der Waals surface area contributed by atoms with Crippen LogP contribution in [0.2, 0.25) is 0 Å². The number of nitrogens with one attached hydrogen (secondary N) is 1. The van der Waals surface area contributed by atoms with E-state index in [4.69, 9.17) is 4.74 Å². The molecule has 0 bridgehead atoms. The number of para-hydroxylation sites is 2. The molecule has 34 heavy (non-hydrogen) atoms. The van der Waals surface area contributed by atoms with Crippen molar-refractivity contribution in [1.82, 2.24) is 14.8 Å². The van der Waals surface area contributed by atoms with E-state index in [-0.39, 0.29) is 30.7 Å². The highest BCUT2D eigenvalue weighted by Gasteiger charge is 2.32. The molecule has 0 fully saturated rings. The number of rotatable bonds is 5. The first-order valence-corrected chi connectivity index (χ1v) is 11.7. The van der Waals surface area contributed by atoms with Gasteiger partial charge in [0.1, 0.15) is 24.0 Å². The summed E-state index contributed by atoms with van der Waals surface area (Å²) in [4.78, 5) is 17.4. The largest absolute Gasteiger partial charge is 0.489 e. The average Bonchev–Trinajstić information content (AvgIpc) is 3.46. The van der Waals surface area contributed by atoms with Crippen LogP contribution < -0.4 is 10.1 Å². The van der Waals surface area contributed by atoms with Crippen molar-refractivity contribution in [2.75, 3.05) is 5.32 Å². The fourth-order valence-electron chi connectivity index (χ4n) is 4.28. The van der Waals surface area contributed by atoms with Gasteiger partial charge in [-0.2, -0.15) is 9.78 Å². The Hall–Kier alpha value is -4.04. The second kappa shape index (κ2) is 8.39. The number of hydrogen-bond acceptors (Lipinski definition) is 5. The third-order valence-electron chi connectivity index (χ3n) is 5.86. The molecule has 1 atom stereocenters. The molecule has 2 aromatic heterocycles. The smallest absolute Gasteiger partial charge is 0.226 e. The molecule has 3 aromatic carbocycles. The number of benzene rings is 3. The van der Waals surface area contributed by atoms with Crippen molar-refractivity contribution in [3.63, 3.8) is 0 Å². The zero-order valence-corrected chi connectivity index (χ0v) is 18.8. The number of amides is 1. The molecule has 0 spiro atoms. The first kappa shape index (κ1) is 20.6. The number of thiazole rings is 1. The molecule has 1 amide bonds. The molecule has 0 saturated heterocycles. The fraction of sp³-hybridized carbons (Fsp3) is 0.115. The molecular weight excluding hydrogens is 451 g/mol. The number of carbonyl (C=O) groups is 1. The average molecular weight is 471 g/mol. The monoisotopic (exact) mass is 470 g/mol. The lowest BCUT2D eigenvalue weighted by Crippen LogP contribution is -2.24. The second-order valence-electron chi connectivity index (χ2n) is 8.09. The van der Waals surface area contributed by atoms with Crippen molar-refractivity contribution in [2.45, 2.75) is 18.9 Å². The van der Waals surface area contributed by atoms with Crippen LogP contribution in [-0.4, -0.2) is 20.7 Å². The van der Waals surface area contributed by atoms with Crippen molar-refractivity contribution < 1.29 is 13.9 Å². The number of carbonyl (C=O) groups excluding carboxylic acids is 1. The van der Waals surface area contributed by atoms with Gasteiger partial charge in [0.15, 0.2) is 0 Å². The van der Waals surface area contributed by atoms with Crippen LogP contribution in [0.4, 0.5) is 10.2 Å². The summed E-state index contributed by atoms with van der Waals surface area (Å²) in [6, 6.07) is 21.9. The number of hydrogen-bond donors (Lipinski definition) is 1. The molecule has 1 aliphatic heterocycles. The van der Waals surface area contributed by atoms with Crippen molar-refractivity contribution in [1.29, 1.82) is 0 Å². The van der Waals surface area contributed by atoms with E-state index in [9.17, 15) is 9.18 Å². The van der Waals surface area contributed by atoms with Crippen LogP contribution in [0.25, 0.3) is 15.3 Å². The van der Waals surface area contributed by atoms with Gasteiger partial charge in [0, 0.05) is 23.5 Å². The van der Waals surface area contributed by atoms with Crippen molar-refractivity contribution in [3.8, 4) is 10.9 Å². The fourth-order valence-corrected chi connectivity index (χ4v) is 5.21. The summed E-state index contributed by atoms with van der Waals surface area (Å²) in [7, 11) is 0. The Morgan fingerprint density at radius 1 is 1.06 bits per heavy atom. The minimum Gasteiger partial charge on any atom is -0.489 e. The summed E-state index contributed by atoms with van der Waals surface area (Å²) in [5.74, 6) is 0.659. The van der Waals surface area contributed by atoms with E-state index < -0.39 is 0 Å². The van der Waals surface area contributed by atoms with Gasteiger partial charge in [-0.15, -0.1) is 0 Å². The van der Waals surface area contributed by atoms with Gasteiger partial charge in [-0.25, -0.2) is 9.37 Å². The normalized spacial score (nSPS) is 15.2. The van der Waals surface area contributed by atoms with Gasteiger partial charge in [0.05, 0.1) is 16.4 Å². The molecule has 8 heteroatoms. The Balaban J connectivity index is 1.36. The Morgan fingerprint density at radius 2 is 1.91 bits per heavy atom. The van der Waals surface area contributed by atoms with Crippen LogP contribution in [0.1, 0.15) is 29.0 Å². The first-order chi connectivity index (χ1) is 16.7. The van der Waals surface area contributed by atoms with Crippen LogP contribution in [-0.2, 0) is 11.4 Å². The lowest BCUT2D eigenvalue weighted by atomic mass is 9.87. The topological polar surface area (TPSA) is 69.0 Å². The van der Waals surface area contributed by atoms with Crippen LogP contribution >= 0.6 is 11.3 Å². The standard InChI is InChI=1S/C26H19FN4O2S/c27-17-7-5-6-16(12-17)15-33-22-10-3-1-8-18(22)19-13-24(32)30-25-20(19)14-28-31(25)26-29-21-9-2-4-11-23(21)34-26/h1-12,14,19H,13,15H2,(H,30,32). The lowest BCUT2D eigenvalue weighted by Gasteiger charge is -2.25. The highest BCUT2D eigenvalue weighted by molar-refractivity contribution is 7.20. The molecule has 5 aromatic rings. The van der Waals surface area contributed by atoms with Gasteiger partial charge in [0.25, 0.3) is 0 Å². The number of halogens is 1. The van der Waals surface area contributed by atoms with Crippen molar-refractivity contribution >= 4 is 33.3 Å². The molecule has 0 saturated carbocycles. The summed E-state index contributed by atoms with van der Waals surface area (Å²) in [5, 5.41) is 8.25. The molecule has 0 radical (unpaired) electrons. The maximum Gasteiger partial charge on any atom is 0.226 e. The molecule has 0 aliphatic carbocycles. The van der Waals surface area contributed by atoms with Gasteiger partial charge < -0.3 is 10.1 Å². The molecule has 1 N–H and O–H groups in total. The molecule has 3 heterocycles. The summed E-state index contributed by atoms with van der Waals surface area (Å²) >= 11 is 1.52. The summed E-state index contributed by atoms with van der Waals surface area (Å²) < 4.78 is 22.4. The summed E-state index contributed by atoms with van der Waals surface area (Å²) in [6.07, 6.45) is 2.06. The maximum atomic E-state index is 13.6. The van der Waals surface area contributed by atoms with Crippen LogP contribution in [0.15, 0.2) is 79.0 Å². The van der Waals surface area contributed by atoms with E-state index in [0.717, 1.165) is 26.9 Å². The number of nitrogens with zero attached hydrogens (tertiary/aromatic N) is 3. The van der Waals surface area contributed by atoms with Gasteiger partial charge >= 0.3 is 0 Å². The number of ether oxygens (including phenoxy) is 1. The van der Waals surface area contributed by atoms with E-state index in [1.54, 1.807) is 16.9 Å². The van der Waals surface area contributed by atoms with Gasteiger partial charge in [-0.1, -0.05) is 53.8 Å². The van der Waals surface area contributed by atoms with Gasteiger partial charge in [-0.3, -0.25) is 4.79 Å². The molecule has 1 aliphatic rings. The minimum absolute atomic E-state index is 0.0969. The third-order valence-corrected chi connectivity index (χ3v) is 6.87. The van der Waals surface area contributed by atoms with Crippen molar-refractivity contribution in [2.24, 2.45) is 0 Å². The molecule has 6 nitrogen and oxygen atoms in total. The zero-order chi connectivity index (χ0) is 23.1. The molecule has 6 rings (SSSR count). The van der Waals surface area contributed by atoms with Crippen molar-refractivity contribution in [3.05, 3.63) is 102 Å². The highest BCUT2D eigenvalue weighted by atomic mass is 32.1. The minimum atomic E-state index is -0.301. The van der Waals surface area contributed by atoms with E-state index >= 15 is 0 Å². The summed E-state index contributed by atoms with van der Waals surface area (Å²) in [5.41, 5.74) is 3.42. The van der Waals surface area contributed by atoms with Crippen LogP contribution in [0.3, 0.4) is 0 Å². The number of aromatic nitrogens is 3. The lowest BCUT2D eigenvalue weighted by molar-refractivity contribution is -0.116. The molecule has 1 unspecified atom stereocenters. The molecular formula is C26H19FN4O2S. The quantitative estimate of drug-likeness (QED) is 0.359. The SMILES string of the molecule is O=C1CC(c2ccccc2OCc2cccc(F)c2)c2cnn(-c3nc4ccccc4s3)c2N1. The number of fused-ring (bicyclic) bond motifs is 2. The Morgan fingerprint density at radius 3 is 2.79 bits per heavy atom. The predicted molar refractivity (Wildman–Crippen MR) is 129 cm³/mol. The van der Waals surface area contributed by atoms with Crippen LogP contribution in [0.5, 0.6) is 5.75 Å². The predicted octanol–water partition coefficient (Wildman–Crippen LogP) is 5.67. The van der Waals surface area contributed by atoms with E-state index in [0.29, 0.717) is 16.7 Å². The Bertz CT molecular complexity index is 1490. The van der Waals surface area contributed by atoms with E-state index in [1.165, 1.54) is 23.5 Å². The molecule has 168 valence electrons. The second-order valence-corrected chi connectivity index (χ2v) is 9.09. The van der Waals surface area contributed by atoms with E-state index in [1.807, 2.05) is 54.6 Å². The van der Waals surface area contributed by atoms with Crippen LogP contribution in [0, 0.1) is 5.82 Å². The first-order valence-electron chi connectivity index (χ1n) is 10.9. The van der Waals surface area contributed by atoms with Gasteiger partial charge in [-0.05, 0) is 35.9 Å².